The number of hydrogen-bond donors (Lipinski definition) is 2. The fourth-order valence-electron chi connectivity index (χ4n) is 2.82. The highest BCUT2D eigenvalue weighted by Crippen LogP contribution is 2.20. The molecule has 2 rings (SSSR count). The minimum Gasteiger partial charge on any atom is -0.392 e. The maximum Gasteiger partial charge on any atom is 0.0724 e. The number of aliphatic hydroxyl groups is 1. The second-order valence-electron chi connectivity index (χ2n) is 5.29. The zero-order valence-electron chi connectivity index (χ0n) is 10.4. The van der Waals surface area contributed by atoms with E-state index in [-0.39, 0.29) is 6.10 Å². The average Bonchev–Trinajstić information content (AvgIpc) is 2.67. The van der Waals surface area contributed by atoms with Crippen molar-refractivity contribution in [2.45, 2.75) is 38.0 Å². The van der Waals surface area contributed by atoms with Crippen molar-refractivity contribution in [2.75, 3.05) is 33.3 Å². The largest absolute Gasteiger partial charge is 0.392 e. The molecule has 0 aromatic heterocycles. The van der Waals surface area contributed by atoms with Crippen LogP contribution in [0.5, 0.6) is 0 Å². The number of hydrogen-bond acceptors (Lipinski definition) is 4. The van der Waals surface area contributed by atoms with Gasteiger partial charge in [-0.1, -0.05) is 6.92 Å². The Morgan fingerprint density at radius 3 is 2.94 bits per heavy atom. The van der Waals surface area contributed by atoms with Crippen LogP contribution in [0, 0.1) is 5.92 Å². The van der Waals surface area contributed by atoms with Crippen LogP contribution in [0.4, 0.5) is 0 Å². The molecule has 4 heteroatoms. The van der Waals surface area contributed by atoms with E-state index in [2.05, 4.69) is 17.1 Å². The number of ether oxygens (including phenoxy) is 1. The van der Waals surface area contributed by atoms with Crippen molar-refractivity contribution < 1.29 is 9.84 Å². The van der Waals surface area contributed by atoms with Gasteiger partial charge in [-0.05, 0) is 25.3 Å². The van der Waals surface area contributed by atoms with Gasteiger partial charge in [0.1, 0.15) is 0 Å². The summed E-state index contributed by atoms with van der Waals surface area (Å²) in [4.78, 5) is 2.46. The molecule has 2 N–H and O–H groups in total. The van der Waals surface area contributed by atoms with Crippen molar-refractivity contribution in [1.29, 1.82) is 0 Å². The van der Waals surface area contributed by atoms with Gasteiger partial charge in [0.2, 0.25) is 0 Å². The first-order chi connectivity index (χ1) is 7.69. The van der Waals surface area contributed by atoms with Gasteiger partial charge in [0.25, 0.3) is 0 Å². The molecule has 2 fully saturated rings. The van der Waals surface area contributed by atoms with Gasteiger partial charge in [-0.15, -0.1) is 0 Å². The average molecular weight is 228 g/mol. The third kappa shape index (κ3) is 2.94. The van der Waals surface area contributed by atoms with E-state index < -0.39 is 0 Å². The van der Waals surface area contributed by atoms with E-state index in [0.29, 0.717) is 18.1 Å². The molecule has 2 aliphatic heterocycles. The molecule has 2 heterocycles. The maximum absolute atomic E-state index is 9.46. The summed E-state index contributed by atoms with van der Waals surface area (Å²) in [7, 11) is 1.81. The van der Waals surface area contributed by atoms with Gasteiger partial charge in [-0.2, -0.15) is 0 Å². The Labute approximate surface area is 98.0 Å². The second-order valence-corrected chi connectivity index (χ2v) is 5.29. The summed E-state index contributed by atoms with van der Waals surface area (Å²) in [5.41, 5.74) is 0. The van der Waals surface area contributed by atoms with Crippen LogP contribution in [0.15, 0.2) is 0 Å². The predicted octanol–water partition coefficient (Wildman–Crippen LogP) is 0.0660. The first-order valence-corrected chi connectivity index (χ1v) is 6.35. The highest BCUT2D eigenvalue weighted by molar-refractivity contribution is 4.86. The molecule has 0 amide bonds. The number of nitrogens with one attached hydrogen (secondary N) is 1. The van der Waals surface area contributed by atoms with E-state index in [1.807, 2.05) is 7.11 Å². The smallest absolute Gasteiger partial charge is 0.0724 e. The van der Waals surface area contributed by atoms with E-state index in [1.165, 1.54) is 6.42 Å². The van der Waals surface area contributed by atoms with Crippen molar-refractivity contribution in [1.82, 2.24) is 10.2 Å². The molecule has 94 valence electrons. The number of rotatable bonds is 3. The molecule has 0 aromatic rings. The molecule has 4 unspecified atom stereocenters. The lowest BCUT2D eigenvalue weighted by Crippen LogP contribution is -2.48. The highest BCUT2D eigenvalue weighted by atomic mass is 16.5. The maximum atomic E-state index is 9.46. The highest BCUT2D eigenvalue weighted by Gasteiger charge is 2.29. The minimum absolute atomic E-state index is 0.146. The molecular formula is C12H24N2O2. The number of piperidine rings is 1. The Kier molecular flexibility index (Phi) is 4.19. The molecule has 2 saturated heterocycles. The lowest BCUT2D eigenvalue weighted by molar-refractivity contribution is -0.00712. The lowest BCUT2D eigenvalue weighted by Gasteiger charge is -2.37. The van der Waals surface area contributed by atoms with Crippen molar-refractivity contribution >= 4 is 0 Å². The monoisotopic (exact) mass is 228 g/mol. The van der Waals surface area contributed by atoms with Crippen LogP contribution >= 0.6 is 0 Å². The number of likely N-dealkylation sites (tertiary alicyclic amines) is 1. The van der Waals surface area contributed by atoms with Gasteiger partial charge in [-0.25, -0.2) is 0 Å². The molecule has 4 nitrogen and oxygen atoms in total. The van der Waals surface area contributed by atoms with Crippen LogP contribution in [0.3, 0.4) is 0 Å². The van der Waals surface area contributed by atoms with Crippen LogP contribution in [0.2, 0.25) is 0 Å². The molecule has 0 spiro atoms. The molecule has 0 bridgehead atoms. The van der Waals surface area contributed by atoms with Gasteiger partial charge >= 0.3 is 0 Å². The molecule has 0 aliphatic carbocycles. The molecular weight excluding hydrogens is 204 g/mol. The minimum atomic E-state index is -0.146. The van der Waals surface area contributed by atoms with Crippen molar-refractivity contribution in [3.8, 4) is 0 Å². The van der Waals surface area contributed by atoms with Crippen LogP contribution < -0.4 is 5.32 Å². The third-order valence-electron chi connectivity index (χ3n) is 3.95. The summed E-state index contributed by atoms with van der Waals surface area (Å²) < 4.78 is 5.51. The van der Waals surface area contributed by atoms with Gasteiger partial charge in [-0.3, -0.25) is 4.90 Å². The van der Waals surface area contributed by atoms with Crippen molar-refractivity contribution in [3.63, 3.8) is 0 Å². The Bertz CT molecular complexity index is 225. The summed E-state index contributed by atoms with van der Waals surface area (Å²) >= 11 is 0. The summed E-state index contributed by atoms with van der Waals surface area (Å²) in [5.74, 6) is 0.670. The zero-order valence-corrected chi connectivity index (χ0v) is 10.4. The Balaban J connectivity index is 1.78. The normalized spacial score (nSPS) is 41.4. The SMILES string of the molecule is COC1CN(CC2CC(O)CN2)CCC1C. The fourth-order valence-corrected chi connectivity index (χ4v) is 2.82. The Morgan fingerprint density at radius 1 is 1.50 bits per heavy atom. The quantitative estimate of drug-likeness (QED) is 0.717. The van der Waals surface area contributed by atoms with E-state index in [4.69, 9.17) is 4.74 Å². The van der Waals surface area contributed by atoms with E-state index in [0.717, 1.165) is 32.6 Å². The van der Waals surface area contributed by atoms with Crippen LogP contribution in [-0.2, 0) is 4.74 Å². The van der Waals surface area contributed by atoms with Gasteiger partial charge in [0.05, 0.1) is 12.2 Å². The predicted molar refractivity (Wildman–Crippen MR) is 63.4 cm³/mol. The standard InChI is InChI=1S/C12H24N2O2/c1-9-3-4-14(8-12(9)16-2)7-10-5-11(15)6-13-10/h9-13,15H,3-8H2,1-2H3. The molecule has 0 saturated carbocycles. The first-order valence-electron chi connectivity index (χ1n) is 6.35. The van der Waals surface area contributed by atoms with E-state index in [9.17, 15) is 5.11 Å². The molecule has 4 atom stereocenters. The van der Waals surface area contributed by atoms with Crippen LogP contribution in [0.1, 0.15) is 19.8 Å². The van der Waals surface area contributed by atoms with Crippen LogP contribution in [0.25, 0.3) is 0 Å². The zero-order chi connectivity index (χ0) is 11.5. The van der Waals surface area contributed by atoms with Crippen molar-refractivity contribution in [2.24, 2.45) is 5.92 Å². The second kappa shape index (κ2) is 5.45. The number of methoxy groups -OCH3 is 1. The summed E-state index contributed by atoms with van der Waals surface area (Å²) in [6, 6.07) is 0.459. The first kappa shape index (κ1) is 12.3. The number of nitrogens with zero attached hydrogens (tertiary/aromatic N) is 1. The Morgan fingerprint density at radius 2 is 2.31 bits per heavy atom. The molecule has 0 aromatic carbocycles. The lowest BCUT2D eigenvalue weighted by atomic mass is 9.95. The fraction of sp³-hybridized carbons (Fsp3) is 1.00. The third-order valence-corrected chi connectivity index (χ3v) is 3.95. The Hall–Kier alpha value is -0.160. The van der Waals surface area contributed by atoms with E-state index >= 15 is 0 Å². The summed E-state index contributed by atoms with van der Waals surface area (Å²) in [6.07, 6.45) is 2.34. The molecule has 0 radical (unpaired) electrons. The molecule has 16 heavy (non-hydrogen) atoms. The van der Waals surface area contributed by atoms with Gasteiger partial charge < -0.3 is 15.2 Å². The molecule has 2 aliphatic rings. The van der Waals surface area contributed by atoms with Gasteiger partial charge in [0, 0.05) is 32.8 Å². The summed E-state index contributed by atoms with van der Waals surface area (Å²) in [5, 5.41) is 12.8. The van der Waals surface area contributed by atoms with Crippen molar-refractivity contribution in [3.05, 3.63) is 0 Å². The van der Waals surface area contributed by atoms with Crippen LogP contribution in [-0.4, -0.2) is 61.5 Å². The number of β-amino-alcohol motifs (C(OH)–C–C–N with tert-alkyl or cyclic N) is 1. The van der Waals surface area contributed by atoms with Gasteiger partial charge in [0.15, 0.2) is 0 Å². The summed E-state index contributed by atoms with van der Waals surface area (Å²) in [6.45, 7) is 6.26. The van der Waals surface area contributed by atoms with E-state index in [1.54, 1.807) is 0 Å². The number of aliphatic hydroxyl groups excluding tert-OH is 1. The topological polar surface area (TPSA) is 44.7 Å².